The van der Waals surface area contributed by atoms with Crippen molar-refractivity contribution in [3.63, 3.8) is 0 Å². The molecule has 0 aliphatic carbocycles. The van der Waals surface area contributed by atoms with Crippen molar-refractivity contribution in [2.75, 3.05) is 20.3 Å². The van der Waals surface area contributed by atoms with Crippen molar-refractivity contribution in [1.29, 1.82) is 0 Å². The molecule has 1 aliphatic rings. The van der Waals surface area contributed by atoms with E-state index in [9.17, 15) is 0 Å². The summed E-state index contributed by atoms with van der Waals surface area (Å²) in [6, 6.07) is 4.47. The van der Waals surface area contributed by atoms with Crippen molar-refractivity contribution in [1.82, 2.24) is 5.32 Å². The Kier molecular flexibility index (Phi) is 3.69. The van der Waals surface area contributed by atoms with Crippen molar-refractivity contribution in [3.05, 3.63) is 28.8 Å². The molecule has 2 atom stereocenters. The summed E-state index contributed by atoms with van der Waals surface area (Å²) in [4.78, 5) is 0. The molecule has 0 bridgehead atoms. The van der Waals surface area contributed by atoms with Crippen LogP contribution in [-0.4, -0.2) is 26.4 Å². The van der Waals surface area contributed by atoms with Gasteiger partial charge in [0.05, 0.1) is 25.9 Å². The second-order valence-corrected chi connectivity index (χ2v) is 4.61. The summed E-state index contributed by atoms with van der Waals surface area (Å²) in [7, 11) is 1.71. The molecular formula is C14H21NO2. The molecule has 94 valence electrons. The molecule has 1 aliphatic heterocycles. The average Bonchev–Trinajstić information content (AvgIpc) is 2.34. The van der Waals surface area contributed by atoms with E-state index in [1.54, 1.807) is 7.11 Å². The number of nitrogens with one attached hydrogen (secondary N) is 1. The number of benzene rings is 1. The lowest BCUT2D eigenvalue weighted by molar-refractivity contribution is 0.00736. The summed E-state index contributed by atoms with van der Waals surface area (Å²) in [5, 5.41) is 3.52. The summed E-state index contributed by atoms with van der Waals surface area (Å²) < 4.78 is 11.0. The third-order valence-electron chi connectivity index (χ3n) is 3.65. The summed E-state index contributed by atoms with van der Waals surface area (Å²) in [6.07, 6.45) is 0.218. The third-order valence-corrected chi connectivity index (χ3v) is 3.65. The van der Waals surface area contributed by atoms with Crippen molar-refractivity contribution in [2.45, 2.75) is 32.9 Å². The quantitative estimate of drug-likeness (QED) is 0.853. The van der Waals surface area contributed by atoms with Crippen LogP contribution in [0.3, 0.4) is 0 Å². The molecule has 1 saturated heterocycles. The van der Waals surface area contributed by atoms with Gasteiger partial charge in [-0.3, -0.25) is 0 Å². The number of ether oxygens (including phenoxy) is 2. The first-order valence-electron chi connectivity index (χ1n) is 6.14. The smallest absolute Gasteiger partial charge is 0.122 e. The molecule has 0 radical (unpaired) electrons. The number of rotatable bonds is 2. The summed E-state index contributed by atoms with van der Waals surface area (Å²) >= 11 is 0. The molecule has 17 heavy (non-hydrogen) atoms. The Hall–Kier alpha value is -1.06. The maximum atomic E-state index is 5.70. The summed E-state index contributed by atoms with van der Waals surface area (Å²) in [5.74, 6) is 0.954. The third kappa shape index (κ3) is 2.31. The van der Waals surface area contributed by atoms with E-state index in [2.05, 4.69) is 32.2 Å². The van der Waals surface area contributed by atoms with Gasteiger partial charge in [0.2, 0.25) is 0 Å². The minimum Gasteiger partial charge on any atom is -0.496 e. The van der Waals surface area contributed by atoms with Crippen LogP contribution in [0.15, 0.2) is 12.1 Å². The Morgan fingerprint density at radius 3 is 2.71 bits per heavy atom. The van der Waals surface area contributed by atoms with Gasteiger partial charge in [-0.05, 0) is 43.5 Å². The van der Waals surface area contributed by atoms with Gasteiger partial charge in [0, 0.05) is 6.54 Å². The van der Waals surface area contributed by atoms with E-state index in [0.717, 1.165) is 18.9 Å². The van der Waals surface area contributed by atoms with Crippen LogP contribution in [-0.2, 0) is 4.74 Å². The normalized spacial score (nSPS) is 24.7. The monoisotopic (exact) mass is 235 g/mol. The van der Waals surface area contributed by atoms with Crippen LogP contribution < -0.4 is 10.1 Å². The molecule has 0 aromatic heterocycles. The predicted octanol–water partition coefficient (Wildman–Crippen LogP) is 2.36. The molecular weight excluding hydrogens is 214 g/mol. The molecule has 0 saturated carbocycles. The molecule has 1 N–H and O–H groups in total. The predicted molar refractivity (Wildman–Crippen MR) is 68.6 cm³/mol. The first-order chi connectivity index (χ1) is 8.15. The van der Waals surface area contributed by atoms with E-state index in [1.165, 1.54) is 16.7 Å². The van der Waals surface area contributed by atoms with Crippen LogP contribution >= 0.6 is 0 Å². The van der Waals surface area contributed by atoms with Gasteiger partial charge in [0.1, 0.15) is 5.75 Å². The van der Waals surface area contributed by atoms with Crippen LogP contribution in [0.5, 0.6) is 5.75 Å². The minimum atomic E-state index is 0.218. The molecule has 2 unspecified atom stereocenters. The van der Waals surface area contributed by atoms with Crippen molar-refractivity contribution in [2.24, 2.45) is 0 Å². The largest absolute Gasteiger partial charge is 0.496 e. The molecule has 1 fully saturated rings. The minimum absolute atomic E-state index is 0.218. The summed E-state index contributed by atoms with van der Waals surface area (Å²) in [5.41, 5.74) is 3.82. The number of methoxy groups -OCH3 is 1. The van der Waals surface area contributed by atoms with Gasteiger partial charge in [-0.25, -0.2) is 0 Å². The fourth-order valence-electron chi connectivity index (χ4n) is 2.46. The van der Waals surface area contributed by atoms with Crippen LogP contribution in [0.1, 0.15) is 29.7 Å². The zero-order valence-electron chi connectivity index (χ0n) is 11.0. The Morgan fingerprint density at radius 1 is 1.29 bits per heavy atom. The van der Waals surface area contributed by atoms with E-state index in [1.807, 2.05) is 6.07 Å². The van der Waals surface area contributed by atoms with Gasteiger partial charge in [0.15, 0.2) is 0 Å². The van der Waals surface area contributed by atoms with Crippen LogP contribution in [0.25, 0.3) is 0 Å². The molecule has 1 aromatic carbocycles. The molecule has 3 heteroatoms. The zero-order valence-corrected chi connectivity index (χ0v) is 11.0. The zero-order chi connectivity index (χ0) is 12.4. The van der Waals surface area contributed by atoms with E-state index in [4.69, 9.17) is 9.47 Å². The lowest BCUT2D eigenvalue weighted by atomic mass is 9.93. The maximum absolute atomic E-state index is 5.70. The van der Waals surface area contributed by atoms with Crippen LogP contribution in [0, 0.1) is 13.8 Å². The first kappa shape index (κ1) is 12.4. The Bertz CT molecular complexity index is 403. The molecule has 1 heterocycles. The van der Waals surface area contributed by atoms with Crippen molar-refractivity contribution in [3.8, 4) is 5.75 Å². The van der Waals surface area contributed by atoms with Crippen LogP contribution in [0.4, 0.5) is 0 Å². The van der Waals surface area contributed by atoms with E-state index >= 15 is 0 Å². The van der Waals surface area contributed by atoms with Gasteiger partial charge in [-0.2, -0.15) is 0 Å². The molecule has 0 spiro atoms. The highest BCUT2D eigenvalue weighted by Crippen LogP contribution is 2.30. The highest BCUT2D eigenvalue weighted by molar-refractivity contribution is 5.45. The molecule has 3 nitrogen and oxygen atoms in total. The van der Waals surface area contributed by atoms with Crippen molar-refractivity contribution < 1.29 is 9.47 Å². The summed E-state index contributed by atoms with van der Waals surface area (Å²) in [6.45, 7) is 8.09. The molecule has 2 rings (SSSR count). The first-order valence-corrected chi connectivity index (χ1v) is 6.14. The van der Waals surface area contributed by atoms with E-state index in [-0.39, 0.29) is 12.1 Å². The topological polar surface area (TPSA) is 30.5 Å². The SMILES string of the molecule is COc1ccc(C2NCCOC2C)c(C)c1C. The Balaban J connectivity index is 2.35. The van der Waals surface area contributed by atoms with Crippen molar-refractivity contribution >= 4 is 0 Å². The Labute approximate surface area is 103 Å². The maximum Gasteiger partial charge on any atom is 0.122 e. The van der Waals surface area contributed by atoms with Gasteiger partial charge in [0.25, 0.3) is 0 Å². The van der Waals surface area contributed by atoms with Gasteiger partial charge < -0.3 is 14.8 Å². The average molecular weight is 235 g/mol. The van der Waals surface area contributed by atoms with Crippen LogP contribution in [0.2, 0.25) is 0 Å². The molecule has 0 amide bonds. The fourth-order valence-corrected chi connectivity index (χ4v) is 2.46. The Morgan fingerprint density at radius 2 is 2.06 bits per heavy atom. The van der Waals surface area contributed by atoms with E-state index in [0.29, 0.717) is 0 Å². The second kappa shape index (κ2) is 5.07. The number of hydrogen-bond donors (Lipinski definition) is 1. The van der Waals surface area contributed by atoms with E-state index < -0.39 is 0 Å². The number of morpholine rings is 1. The van der Waals surface area contributed by atoms with Gasteiger partial charge >= 0.3 is 0 Å². The highest BCUT2D eigenvalue weighted by Gasteiger charge is 2.25. The molecule has 1 aromatic rings. The lowest BCUT2D eigenvalue weighted by Crippen LogP contribution is -2.40. The van der Waals surface area contributed by atoms with Gasteiger partial charge in [-0.15, -0.1) is 0 Å². The standard InChI is InChI=1S/C14H21NO2/c1-9-10(2)13(16-4)6-5-12(9)14-11(3)17-8-7-15-14/h5-6,11,14-15H,7-8H2,1-4H3. The fraction of sp³-hybridized carbons (Fsp3) is 0.571. The number of hydrogen-bond acceptors (Lipinski definition) is 3. The lowest BCUT2D eigenvalue weighted by Gasteiger charge is -2.32. The van der Waals surface area contributed by atoms with Gasteiger partial charge in [-0.1, -0.05) is 6.07 Å². The second-order valence-electron chi connectivity index (χ2n) is 4.61. The highest BCUT2D eigenvalue weighted by atomic mass is 16.5.